The lowest BCUT2D eigenvalue weighted by Gasteiger charge is -2.13. The molecule has 0 aliphatic heterocycles. The summed E-state index contributed by atoms with van der Waals surface area (Å²) in [6, 6.07) is 4.48. The minimum atomic E-state index is -2.91. The lowest BCUT2D eigenvalue weighted by molar-refractivity contribution is -0.121. The van der Waals surface area contributed by atoms with Gasteiger partial charge in [0.15, 0.2) is 0 Å². The van der Waals surface area contributed by atoms with Crippen LogP contribution in [0.15, 0.2) is 18.2 Å². The van der Waals surface area contributed by atoms with E-state index in [1.807, 2.05) is 7.05 Å². The fraction of sp³-hybridized carbons (Fsp3) is 0.500. The van der Waals surface area contributed by atoms with Gasteiger partial charge in [0.05, 0.1) is 7.11 Å². The van der Waals surface area contributed by atoms with E-state index in [9.17, 15) is 13.6 Å². The molecule has 0 aromatic heterocycles. The van der Waals surface area contributed by atoms with Gasteiger partial charge in [-0.2, -0.15) is 8.78 Å². The van der Waals surface area contributed by atoms with Gasteiger partial charge in [0.2, 0.25) is 5.91 Å². The Morgan fingerprint density at radius 2 is 2.09 bits per heavy atom. The number of benzene rings is 1. The molecule has 1 amide bonds. The molecule has 0 aliphatic rings. The standard InChI is InChI=1S/C14H20F2N2O3.ClH/c1-17-7-3-4-13(19)18-9-10-8-11(20-2)5-6-12(10)21-14(15)16;/h5-6,8,14,17H,3-4,7,9H2,1-2H3,(H,18,19);1H. The molecule has 8 heteroatoms. The van der Waals surface area contributed by atoms with Crippen molar-refractivity contribution in [1.82, 2.24) is 10.6 Å². The maximum absolute atomic E-state index is 12.3. The highest BCUT2D eigenvalue weighted by atomic mass is 35.5. The molecule has 0 radical (unpaired) electrons. The third kappa shape index (κ3) is 7.42. The van der Waals surface area contributed by atoms with Gasteiger partial charge in [-0.05, 0) is 38.2 Å². The molecule has 1 aromatic carbocycles. The van der Waals surface area contributed by atoms with E-state index in [2.05, 4.69) is 15.4 Å². The third-order valence-electron chi connectivity index (χ3n) is 2.79. The van der Waals surface area contributed by atoms with E-state index in [-0.39, 0.29) is 30.6 Å². The Kier molecular flexibility index (Phi) is 10.2. The summed E-state index contributed by atoms with van der Waals surface area (Å²) in [6.45, 7) is -2.06. The van der Waals surface area contributed by atoms with Crippen molar-refractivity contribution in [2.45, 2.75) is 26.0 Å². The second-order valence-electron chi connectivity index (χ2n) is 4.34. The van der Waals surface area contributed by atoms with Crippen LogP contribution in [0.5, 0.6) is 11.5 Å². The van der Waals surface area contributed by atoms with E-state index in [4.69, 9.17) is 4.74 Å². The van der Waals surface area contributed by atoms with E-state index in [0.717, 1.165) is 6.54 Å². The van der Waals surface area contributed by atoms with Gasteiger partial charge in [-0.25, -0.2) is 0 Å². The molecule has 1 aromatic rings. The van der Waals surface area contributed by atoms with Crippen LogP contribution in [0.4, 0.5) is 8.78 Å². The van der Waals surface area contributed by atoms with Crippen LogP contribution in [-0.2, 0) is 11.3 Å². The van der Waals surface area contributed by atoms with E-state index < -0.39 is 6.61 Å². The van der Waals surface area contributed by atoms with Gasteiger partial charge < -0.3 is 20.1 Å². The number of rotatable bonds is 9. The molecule has 0 saturated carbocycles. The Balaban J connectivity index is 0.00000441. The SMILES string of the molecule is CNCCCC(=O)NCc1cc(OC)ccc1OC(F)F.Cl. The first-order valence-corrected chi connectivity index (χ1v) is 6.60. The Morgan fingerprint density at radius 1 is 1.36 bits per heavy atom. The zero-order valence-corrected chi connectivity index (χ0v) is 13.3. The first kappa shape index (κ1) is 20.4. The second-order valence-corrected chi connectivity index (χ2v) is 4.34. The predicted molar refractivity (Wildman–Crippen MR) is 81.9 cm³/mol. The average molecular weight is 339 g/mol. The molecule has 0 heterocycles. The summed E-state index contributed by atoms with van der Waals surface area (Å²) in [4.78, 5) is 11.6. The molecule has 5 nitrogen and oxygen atoms in total. The molecule has 2 N–H and O–H groups in total. The zero-order valence-electron chi connectivity index (χ0n) is 12.5. The Bertz CT molecular complexity index is 462. The quantitative estimate of drug-likeness (QED) is 0.678. The van der Waals surface area contributed by atoms with E-state index in [1.165, 1.54) is 19.2 Å². The molecule has 0 atom stereocenters. The first-order valence-electron chi connectivity index (χ1n) is 6.60. The topological polar surface area (TPSA) is 59.6 Å². The van der Waals surface area contributed by atoms with Crippen LogP contribution in [0, 0.1) is 0 Å². The summed E-state index contributed by atoms with van der Waals surface area (Å²) in [5.41, 5.74) is 0.441. The summed E-state index contributed by atoms with van der Waals surface area (Å²) in [6.07, 6.45) is 1.08. The van der Waals surface area contributed by atoms with Gasteiger partial charge in [-0.15, -0.1) is 12.4 Å². The minimum absolute atomic E-state index is 0. The van der Waals surface area contributed by atoms with Crippen molar-refractivity contribution < 1.29 is 23.0 Å². The van der Waals surface area contributed by atoms with E-state index in [1.54, 1.807) is 6.07 Å². The smallest absolute Gasteiger partial charge is 0.387 e. The highest BCUT2D eigenvalue weighted by molar-refractivity contribution is 5.85. The Labute approximate surface area is 134 Å². The summed E-state index contributed by atoms with van der Waals surface area (Å²) in [5.74, 6) is 0.397. The van der Waals surface area contributed by atoms with Crippen molar-refractivity contribution in [2.24, 2.45) is 0 Å². The predicted octanol–water partition coefficient (Wildman–Crippen LogP) is 2.33. The molecule has 0 aliphatic carbocycles. The molecule has 126 valence electrons. The maximum atomic E-state index is 12.3. The largest absolute Gasteiger partial charge is 0.497 e. The van der Waals surface area contributed by atoms with Crippen LogP contribution < -0.4 is 20.1 Å². The number of methoxy groups -OCH3 is 1. The monoisotopic (exact) mass is 338 g/mol. The van der Waals surface area contributed by atoms with Gasteiger partial charge >= 0.3 is 6.61 Å². The number of carbonyl (C=O) groups is 1. The number of carbonyl (C=O) groups excluding carboxylic acids is 1. The summed E-state index contributed by atoms with van der Waals surface area (Å²) in [7, 11) is 3.28. The molecular formula is C14H21ClF2N2O3. The number of alkyl halides is 2. The molecule has 0 bridgehead atoms. The zero-order chi connectivity index (χ0) is 15.7. The van der Waals surface area contributed by atoms with Crippen molar-refractivity contribution in [1.29, 1.82) is 0 Å². The van der Waals surface area contributed by atoms with Crippen LogP contribution in [-0.4, -0.2) is 33.2 Å². The summed E-state index contributed by atoms with van der Waals surface area (Å²) < 4.78 is 34.1. The molecule has 0 spiro atoms. The Hall–Kier alpha value is -1.60. The second kappa shape index (κ2) is 11.0. The summed E-state index contributed by atoms with van der Waals surface area (Å²) in [5, 5.41) is 5.62. The fourth-order valence-corrected chi connectivity index (χ4v) is 1.74. The third-order valence-corrected chi connectivity index (χ3v) is 2.79. The van der Waals surface area contributed by atoms with Crippen molar-refractivity contribution in [3.05, 3.63) is 23.8 Å². The van der Waals surface area contributed by atoms with Crippen LogP contribution in [0.2, 0.25) is 0 Å². The molecule has 0 saturated heterocycles. The van der Waals surface area contributed by atoms with Gasteiger partial charge in [0, 0.05) is 18.5 Å². The molecule has 0 unspecified atom stereocenters. The molecule has 22 heavy (non-hydrogen) atoms. The fourth-order valence-electron chi connectivity index (χ4n) is 1.74. The lowest BCUT2D eigenvalue weighted by atomic mass is 10.2. The maximum Gasteiger partial charge on any atom is 0.387 e. The van der Waals surface area contributed by atoms with Crippen LogP contribution in [0.25, 0.3) is 0 Å². The average Bonchev–Trinajstić information content (AvgIpc) is 2.46. The van der Waals surface area contributed by atoms with Gasteiger partial charge in [0.25, 0.3) is 0 Å². The number of hydrogen-bond donors (Lipinski definition) is 2. The minimum Gasteiger partial charge on any atom is -0.497 e. The number of ether oxygens (including phenoxy) is 2. The Morgan fingerprint density at radius 3 is 2.68 bits per heavy atom. The van der Waals surface area contributed by atoms with Crippen LogP contribution >= 0.6 is 12.4 Å². The van der Waals surface area contributed by atoms with Crippen molar-refractivity contribution in [3.8, 4) is 11.5 Å². The lowest BCUT2D eigenvalue weighted by Crippen LogP contribution is -2.24. The normalized spacial score (nSPS) is 10.0. The molecular weight excluding hydrogens is 318 g/mol. The van der Waals surface area contributed by atoms with Crippen molar-refractivity contribution in [2.75, 3.05) is 20.7 Å². The van der Waals surface area contributed by atoms with Gasteiger partial charge in [0.1, 0.15) is 11.5 Å². The van der Waals surface area contributed by atoms with Gasteiger partial charge in [-0.3, -0.25) is 4.79 Å². The molecule has 0 fully saturated rings. The highest BCUT2D eigenvalue weighted by Crippen LogP contribution is 2.25. The highest BCUT2D eigenvalue weighted by Gasteiger charge is 2.12. The first-order chi connectivity index (χ1) is 10.1. The molecule has 1 rings (SSSR count). The van der Waals surface area contributed by atoms with Crippen LogP contribution in [0.1, 0.15) is 18.4 Å². The summed E-state index contributed by atoms with van der Waals surface area (Å²) >= 11 is 0. The van der Waals surface area contributed by atoms with E-state index in [0.29, 0.717) is 24.2 Å². The van der Waals surface area contributed by atoms with Crippen molar-refractivity contribution in [3.63, 3.8) is 0 Å². The van der Waals surface area contributed by atoms with E-state index >= 15 is 0 Å². The number of hydrogen-bond acceptors (Lipinski definition) is 4. The number of nitrogens with one attached hydrogen (secondary N) is 2. The number of amides is 1. The number of halogens is 3. The van der Waals surface area contributed by atoms with Crippen LogP contribution in [0.3, 0.4) is 0 Å². The van der Waals surface area contributed by atoms with Crippen molar-refractivity contribution >= 4 is 18.3 Å². The van der Waals surface area contributed by atoms with Gasteiger partial charge in [-0.1, -0.05) is 0 Å².